The fourth-order valence-electron chi connectivity index (χ4n) is 1.91. The number of rotatable bonds is 5. The van der Waals surface area contributed by atoms with E-state index < -0.39 is 0 Å². The summed E-state index contributed by atoms with van der Waals surface area (Å²) in [6.07, 6.45) is 0. The van der Waals surface area contributed by atoms with Crippen molar-refractivity contribution in [1.82, 2.24) is 5.32 Å². The van der Waals surface area contributed by atoms with Gasteiger partial charge in [-0.2, -0.15) is 0 Å². The van der Waals surface area contributed by atoms with Crippen molar-refractivity contribution in [2.75, 3.05) is 7.11 Å². The molecule has 20 heavy (non-hydrogen) atoms. The average molecular weight is 403 g/mol. The van der Waals surface area contributed by atoms with Gasteiger partial charge in [-0.3, -0.25) is 0 Å². The van der Waals surface area contributed by atoms with E-state index in [0.717, 1.165) is 25.8 Å². The highest BCUT2D eigenvalue weighted by Gasteiger charge is 2.07. The summed E-state index contributed by atoms with van der Waals surface area (Å²) in [5, 5.41) is 3.29. The molecule has 1 N–H and O–H groups in total. The summed E-state index contributed by atoms with van der Waals surface area (Å²) >= 11 is 6.94. The van der Waals surface area contributed by atoms with Crippen LogP contribution in [0.4, 0.5) is 4.39 Å². The third-order valence-electron chi connectivity index (χ3n) is 2.81. The van der Waals surface area contributed by atoms with Gasteiger partial charge < -0.3 is 10.1 Å². The highest BCUT2D eigenvalue weighted by molar-refractivity contribution is 9.11. The predicted octanol–water partition coefficient (Wildman–Crippen LogP) is 4.65. The summed E-state index contributed by atoms with van der Waals surface area (Å²) in [5.74, 6) is 0.568. The number of nitrogens with one attached hydrogen (secondary N) is 1. The van der Waals surface area contributed by atoms with Crippen molar-refractivity contribution >= 4 is 31.9 Å². The topological polar surface area (TPSA) is 21.3 Å². The van der Waals surface area contributed by atoms with E-state index in [2.05, 4.69) is 37.2 Å². The maximum atomic E-state index is 13.1. The zero-order valence-corrected chi connectivity index (χ0v) is 14.1. The lowest BCUT2D eigenvalue weighted by atomic mass is 10.2. The predicted molar refractivity (Wildman–Crippen MR) is 85.3 cm³/mol. The SMILES string of the molecule is COc1c(Br)cc(CNCc2cccc(F)c2)cc1Br. The Bertz CT molecular complexity index is 581. The Hall–Kier alpha value is -0.910. The molecule has 2 aromatic rings. The lowest BCUT2D eigenvalue weighted by Gasteiger charge is -2.10. The molecule has 0 unspecified atom stereocenters. The van der Waals surface area contributed by atoms with Gasteiger partial charge in [-0.25, -0.2) is 4.39 Å². The van der Waals surface area contributed by atoms with E-state index in [1.165, 1.54) is 12.1 Å². The molecule has 5 heteroatoms. The van der Waals surface area contributed by atoms with Crippen LogP contribution in [0, 0.1) is 5.82 Å². The number of benzene rings is 2. The van der Waals surface area contributed by atoms with Gasteiger partial charge in [-0.1, -0.05) is 12.1 Å². The van der Waals surface area contributed by atoms with Gasteiger partial charge in [-0.05, 0) is 67.3 Å². The van der Waals surface area contributed by atoms with E-state index >= 15 is 0 Å². The van der Waals surface area contributed by atoms with Crippen LogP contribution in [0.2, 0.25) is 0 Å². The summed E-state index contributed by atoms with van der Waals surface area (Å²) in [7, 11) is 1.63. The van der Waals surface area contributed by atoms with Gasteiger partial charge in [0.2, 0.25) is 0 Å². The Morgan fingerprint density at radius 2 is 1.70 bits per heavy atom. The summed E-state index contributed by atoms with van der Waals surface area (Å²) in [6, 6.07) is 10.6. The Balaban J connectivity index is 1.98. The van der Waals surface area contributed by atoms with E-state index in [9.17, 15) is 4.39 Å². The molecule has 0 atom stereocenters. The molecule has 0 heterocycles. The van der Waals surface area contributed by atoms with Crippen LogP contribution >= 0.6 is 31.9 Å². The van der Waals surface area contributed by atoms with Gasteiger partial charge in [0.05, 0.1) is 16.1 Å². The van der Waals surface area contributed by atoms with Crippen molar-refractivity contribution in [3.63, 3.8) is 0 Å². The minimum Gasteiger partial charge on any atom is -0.494 e. The number of hydrogen-bond donors (Lipinski definition) is 1. The van der Waals surface area contributed by atoms with Crippen LogP contribution < -0.4 is 10.1 Å². The van der Waals surface area contributed by atoms with Crippen molar-refractivity contribution in [2.45, 2.75) is 13.1 Å². The van der Waals surface area contributed by atoms with E-state index in [1.807, 2.05) is 18.2 Å². The number of hydrogen-bond acceptors (Lipinski definition) is 2. The third kappa shape index (κ3) is 4.04. The maximum absolute atomic E-state index is 13.1. The second kappa shape index (κ2) is 7.20. The first-order valence-corrected chi connectivity index (χ1v) is 7.66. The first-order chi connectivity index (χ1) is 9.60. The van der Waals surface area contributed by atoms with Gasteiger partial charge >= 0.3 is 0 Å². The summed E-state index contributed by atoms with van der Waals surface area (Å²) in [5.41, 5.74) is 2.04. The maximum Gasteiger partial charge on any atom is 0.147 e. The summed E-state index contributed by atoms with van der Waals surface area (Å²) in [4.78, 5) is 0. The van der Waals surface area contributed by atoms with Gasteiger partial charge in [0, 0.05) is 13.1 Å². The molecule has 106 valence electrons. The average Bonchev–Trinajstić information content (AvgIpc) is 2.38. The Labute approximate surface area is 134 Å². The highest BCUT2D eigenvalue weighted by atomic mass is 79.9. The Morgan fingerprint density at radius 1 is 1.05 bits per heavy atom. The van der Waals surface area contributed by atoms with E-state index in [1.54, 1.807) is 13.2 Å². The van der Waals surface area contributed by atoms with Crippen LogP contribution in [0.25, 0.3) is 0 Å². The Kier molecular flexibility index (Phi) is 5.57. The van der Waals surface area contributed by atoms with Gasteiger partial charge in [-0.15, -0.1) is 0 Å². The van der Waals surface area contributed by atoms with Gasteiger partial charge in [0.25, 0.3) is 0 Å². The molecule has 2 rings (SSSR count). The molecule has 0 amide bonds. The second-order valence-corrected chi connectivity index (χ2v) is 6.03. The second-order valence-electron chi connectivity index (χ2n) is 4.33. The molecule has 0 radical (unpaired) electrons. The minimum atomic E-state index is -0.209. The smallest absolute Gasteiger partial charge is 0.147 e. The lowest BCUT2D eigenvalue weighted by molar-refractivity contribution is 0.409. The number of methoxy groups -OCH3 is 1. The molecule has 2 aromatic carbocycles. The van der Waals surface area contributed by atoms with Crippen LogP contribution in [-0.4, -0.2) is 7.11 Å². The van der Waals surface area contributed by atoms with Crippen LogP contribution in [-0.2, 0) is 13.1 Å². The minimum absolute atomic E-state index is 0.209. The van der Waals surface area contributed by atoms with Crippen molar-refractivity contribution < 1.29 is 9.13 Å². The lowest BCUT2D eigenvalue weighted by Crippen LogP contribution is -2.12. The molecule has 0 aromatic heterocycles. The molecule has 0 aliphatic heterocycles. The molecule has 0 aliphatic carbocycles. The van der Waals surface area contributed by atoms with Crippen LogP contribution in [0.1, 0.15) is 11.1 Å². The van der Waals surface area contributed by atoms with Crippen molar-refractivity contribution in [3.05, 3.63) is 62.3 Å². The van der Waals surface area contributed by atoms with E-state index in [0.29, 0.717) is 13.1 Å². The molecule has 0 bridgehead atoms. The van der Waals surface area contributed by atoms with Gasteiger partial charge in [0.15, 0.2) is 0 Å². The van der Waals surface area contributed by atoms with Gasteiger partial charge in [0.1, 0.15) is 11.6 Å². The standard InChI is InChI=1S/C15H14Br2FNO/c1-20-15-13(16)6-11(7-14(15)17)9-19-8-10-3-2-4-12(18)5-10/h2-7,19H,8-9H2,1H3. The molecule has 0 saturated heterocycles. The van der Waals surface area contributed by atoms with Crippen LogP contribution in [0.15, 0.2) is 45.3 Å². The molecule has 0 spiro atoms. The zero-order valence-electron chi connectivity index (χ0n) is 10.9. The monoisotopic (exact) mass is 401 g/mol. The number of ether oxygens (including phenoxy) is 1. The van der Waals surface area contributed by atoms with Crippen molar-refractivity contribution in [1.29, 1.82) is 0 Å². The molecule has 2 nitrogen and oxygen atoms in total. The fourth-order valence-corrected chi connectivity index (χ4v) is 3.51. The fraction of sp³-hybridized carbons (Fsp3) is 0.200. The largest absolute Gasteiger partial charge is 0.494 e. The van der Waals surface area contributed by atoms with Crippen LogP contribution in [0.5, 0.6) is 5.75 Å². The normalized spacial score (nSPS) is 10.6. The molecular formula is C15H14Br2FNO. The van der Waals surface area contributed by atoms with Crippen molar-refractivity contribution in [3.8, 4) is 5.75 Å². The molecular weight excluding hydrogens is 389 g/mol. The van der Waals surface area contributed by atoms with E-state index in [4.69, 9.17) is 4.74 Å². The summed E-state index contributed by atoms with van der Waals surface area (Å²) in [6.45, 7) is 1.32. The van der Waals surface area contributed by atoms with E-state index in [-0.39, 0.29) is 5.82 Å². The Morgan fingerprint density at radius 3 is 2.30 bits per heavy atom. The highest BCUT2D eigenvalue weighted by Crippen LogP contribution is 2.34. The van der Waals surface area contributed by atoms with Crippen molar-refractivity contribution in [2.24, 2.45) is 0 Å². The quantitative estimate of drug-likeness (QED) is 0.785. The molecule has 0 aliphatic rings. The zero-order chi connectivity index (χ0) is 14.5. The number of halogens is 3. The molecule has 0 saturated carbocycles. The molecule has 0 fully saturated rings. The summed E-state index contributed by atoms with van der Waals surface area (Å²) < 4.78 is 20.1. The van der Waals surface area contributed by atoms with Crippen LogP contribution in [0.3, 0.4) is 0 Å². The first-order valence-electron chi connectivity index (χ1n) is 6.07. The third-order valence-corrected chi connectivity index (χ3v) is 3.99. The first kappa shape index (κ1) is 15.5.